The molecule has 1 aromatic carbocycles. The third-order valence-corrected chi connectivity index (χ3v) is 2.88. The third-order valence-electron chi connectivity index (χ3n) is 2.10. The molecule has 1 amide bonds. The van der Waals surface area contributed by atoms with Gasteiger partial charge in [0, 0.05) is 4.47 Å². The first-order valence-corrected chi connectivity index (χ1v) is 6.43. The zero-order chi connectivity index (χ0) is 14.5. The van der Waals surface area contributed by atoms with Gasteiger partial charge in [-0.2, -0.15) is 0 Å². The van der Waals surface area contributed by atoms with Crippen LogP contribution in [0.3, 0.4) is 0 Å². The predicted octanol–water partition coefficient (Wildman–Crippen LogP) is 2.19. The fourth-order valence-corrected chi connectivity index (χ4v) is 1.81. The highest BCUT2D eigenvalue weighted by Gasteiger charge is 2.27. The summed E-state index contributed by atoms with van der Waals surface area (Å²) in [6.07, 6.45) is 0. The molecule has 106 valence electrons. The van der Waals surface area contributed by atoms with Gasteiger partial charge in [0.05, 0.1) is 18.1 Å². The zero-order valence-corrected chi connectivity index (χ0v) is 12.1. The van der Waals surface area contributed by atoms with Crippen LogP contribution < -0.4 is 15.8 Å². The van der Waals surface area contributed by atoms with Gasteiger partial charge in [-0.1, -0.05) is 27.5 Å². The summed E-state index contributed by atoms with van der Waals surface area (Å²) in [6.45, 7) is -2.05. The van der Waals surface area contributed by atoms with Gasteiger partial charge in [0.2, 0.25) is 0 Å². The monoisotopic (exact) mass is 356 g/mol. The summed E-state index contributed by atoms with van der Waals surface area (Å²) in [6, 6.07) is 4.84. The van der Waals surface area contributed by atoms with Crippen LogP contribution in [0, 0.1) is 0 Å². The van der Waals surface area contributed by atoms with Gasteiger partial charge in [-0.25, -0.2) is 8.78 Å². The molecule has 0 aliphatic heterocycles. The fraction of sp³-hybridized carbons (Fsp3) is 0.364. The number of ether oxygens (including phenoxy) is 1. The molecule has 0 aliphatic rings. The standard InChI is InChI=1S/C11H12BrClF2N2O2/c12-7-1-2-9(8(13)3-7)19-4-10(18)17-6-11(14,15)5-16/h1-3H,4-6,16H2,(H,17,18). The highest BCUT2D eigenvalue weighted by molar-refractivity contribution is 9.10. The Labute approximate surface area is 122 Å². The Bertz CT molecular complexity index is 460. The van der Waals surface area contributed by atoms with Gasteiger partial charge in [-0.15, -0.1) is 0 Å². The number of hydrogen-bond donors (Lipinski definition) is 2. The Kier molecular flexibility index (Phi) is 5.96. The molecule has 0 unspecified atom stereocenters. The Morgan fingerprint density at radius 1 is 1.53 bits per heavy atom. The minimum Gasteiger partial charge on any atom is -0.482 e. The van der Waals surface area contributed by atoms with Crippen LogP contribution in [-0.2, 0) is 4.79 Å². The van der Waals surface area contributed by atoms with Gasteiger partial charge in [0.1, 0.15) is 5.75 Å². The van der Waals surface area contributed by atoms with Crippen molar-refractivity contribution in [2.75, 3.05) is 19.7 Å². The summed E-state index contributed by atoms with van der Waals surface area (Å²) >= 11 is 9.08. The second-order valence-corrected chi connectivity index (χ2v) is 5.02. The summed E-state index contributed by atoms with van der Waals surface area (Å²) in [7, 11) is 0. The van der Waals surface area contributed by atoms with Crippen LogP contribution in [0.25, 0.3) is 0 Å². The van der Waals surface area contributed by atoms with Gasteiger partial charge in [0.25, 0.3) is 11.8 Å². The number of rotatable bonds is 6. The average molecular weight is 358 g/mol. The van der Waals surface area contributed by atoms with Crippen molar-refractivity contribution < 1.29 is 18.3 Å². The zero-order valence-electron chi connectivity index (χ0n) is 9.76. The van der Waals surface area contributed by atoms with Gasteiger partial charge in [-0.05, 0) is 18.2 Å². The Balaban J connectivity index is 2.42. The van der Waals surface area contributed by atoms with Crippen LogP contribution >= 0.6 is 27.5 Å². The predicted molar refractivity (Wildman–Crippen MR) is 71.7 cm³/mol. The molecule has 0 saturated heterocycles. The number of nitrogens with one attached hydrogen (secondary N) is 1. The lowest BCUT2D eigenvalue weighted by Gasteiger charge is -2.14. The van der Waals surface area contributed by atoms with Crippen molar-refractivity contribution in [1.29, 1.82) is 0 Å². The Morgan fingerprint density at radius 2 is 2.21 bits per heavy atom. The molecule has 0 radical (unpaired) electrons. The first-order valence-electron chi connectivity index (χ1n) is 5.26. The number of hydrogen-bond acceptors (Lipinski definition) is 3. The van der Waals surface area contributed by atoms with E-state index in [9.17, 15) is 13.6 Å². The fourth-order valence-electron chi connectivity index (χ4n) is 1.09. The number of alkyl halides is 2. The molecule has 0 saturated carbocycles. The maximum absolute atomic E-state index is 12.8. The van der Waals surface area contributed by atoms with Crippen molar-refractivity contribution in [2.24, 2.45) is 5.73 Å². The molecule has 1 rings (SSSR count). The van der Waals surface area contributed by atoms with E-state index in [2.05, 4.69) is 15.9 Å². The Morgan fingerprint density at radius 3 is 2.79 bits per heavy atom. The van der Waals surface area contributed by atoms with Crippen molar-refractivity contribution >= 4 is 33.4 Å². The van der Waals surface area contributed by atoms with Gasteiger partial charge in [-0.3, -0.25) is 4.79 Å². The molecule has 8 heteroatoms. The summed E-state index contributed by atoms with van der Waals surface area (Å²) in [4.78, 5) is 11.3. The van der Waals surface area contributed by atoms with Gasteiger partial charge < -0.3 is 15.8 Å². The highest BCUT2D eigenvalue weighted by Crippen LogP contribution is 2.27. The molecular formula is C11H12BrClF2N2O2. The summed E-state index contributed by atoms with van der Waals surface area (Å²) in [5.74, 6) is -3.50. The number of carbonyl (C=O) groups is 1. The lowest BCUT2D eigenvalue weighted by Crippen LogP contribution is -2.43. The molecule has 0 heterocycles. The number of carbonyl (C=O) groups excluding carboxylic acids is 1. The van der Waals surface area contributed by atoms with Crippen molar-refractivity contribution in [2.45, 2.75) is 5.92 Å². The quantitative estimate of drug-likeness (QED) is 0.820. The topological polar surface area (TPSA) is 64.3 Å². The largest absolute Gasteiger partial charge is 0.482 e. The number of amides is 1. The van der Waals surface area contributed by atoms with E-state index < -0.39 is 31.5 Å². The molecule has 0 bridgehead atoms. The van der Waals surface area contributed by atoms with E-state index in [1.165, 1.54) is 0 Å². The number of halogens is 4. The molecule has 0 fully saturated rings. The normalized spacial score (nSPS) is 11.2. The molecule has 1 aromatic rings. The van der Waals surface area contributed by atoms with Crippen LogP contribution in [0.5, 0.6) is 5.75 Å². The number of benzene rings is 1. The van der Waals surface area contributed by atoms with E-state index in [0.29, 0.717) is 10.8 Å². The van der Waals surface area contributed by atoms with Crippen LogP contribution in [0.1, 0.15) is 0 Å². The smallest absolute Gasteiger partial charge is 0.277 e. The molecule has 0 aliphatic carbocycles. The lowest BCUT2D eigenvalue weighted by atomic mass is 10.3. The van der Waals surface area contributed by atoms with E-state index in [0.717, 1.165) is 4.47 Å². The van der Waals surface area contributed by atoms with E-state index in [-0.39, 0.29) is 0 Å². The van der Waals surface area contributed by atoms with Crippen LogP contribution in [0.2, 0.25) is 5.02 Å². The van der Waals surface area contributed by atoms with Crippen molar-refractivity contribution in [3.8, 4) is 5.75 Å². The summed E-state index contributed by atoms with van der Waals surface area (Å²) < 4.78 is 31.4. The van der Waals surface area contributed by atoms with E-state index >= 15 is 0 Å². The van der Waals surface area contributed by atoms with E-state index in [1.54, 1.807) is 18.2 Å². The van der Waals surface area contributed by atoms with Crippen molar-refractivity contribution in [3.05, 3.63) is 27.7 Å². The minimum absolute atomic E-state index is 0.297. The Hall–Kier alpha value is -0.920. The highest BCUT2D eigenvalue weighted by atomic mass is 79.9. The SMILES string of the molecule is NCC(F)(F)CNC(=O)COc1ccc(Br)cc1Cl. The van der Waals surface area contributed by atoms with Gasteiger partial charge >= 0.3 is 0 Å². The molecule has 0 spiro atoms. The maximum atomic E-state index is 12.8. The molecule has 4 nitrogen and oxygen atoms in total. The number of nitrogens with two attached hydrogens (primary N) is 1. The first-order chi connectivity index (χ1) is 8.84. The van der Waals surface area contributed by atoms with Crippen molar-refractivity contribution in [3.63, 3.8) is 0 Å². The average Bonchev–Trinajstić information content (AvgIpc) is 2.35. The van der Waals surface area contributed by atoms with E-state index in [1.807, 2.05) is 5.32 Å². The lowest BCUT2D eigenvalue weighted by molar-refractivity contribution is -0.124. The summed E-state index contributed by atoms with van der Waals surface area (Å²) in [5, 5.41) is 2.34. The molecule has 0 aromatic heterocycles. The van der Waals surface area contributed by atoms with Crippen LogP contribution in [-0.4, -0.2) is 31.5 Å². The second kappa shape index (κ2) is 7.02. The second-order valence-electron chi connectivity index (χ2n) is 3.70. The third kappa shape index (κ3) is 5.71. The molecule has 19 heavy (non-hydrogen) atoms. The van der Waals surface area contributed by atoms with Crippen molar-refractivity contribution in [1.82, 2.24) is 5.32 Å². The molecule has 3 N–H and O–H groups in total. The summed E-state index contributed by atoms with van der Waals surface area (Å²) in [5.41, 5.74) is 4.84. The van der Waals surface area contributed by atoms with Crippen LogP contribution in [0.4, 0.5) is 8.78 Å². The first kappa shape index (κ1) is 16.1. The maximum Gasteiger partial charge on any atom is 0.277 e. The van der Waals surface area contributed by atoms with E-state index in [4.69, 9.17) is 22.1 Å². The minimum atomic E-state index is -3.12. The molecule has 0 atom stereocenters. The van der Waals surface area contributed by atoms with Crippen LogP contribution in [0.15, 0.2) is 22.7 Å². The van der Waals surface area contributed by atoms with Gasteiger partial charge in [0.15, 0.2) is 6.61 Å². The molecular weight excluding hydrogens is 345 g/mol.